The van der Waals surface area contributed by atoms with Crippen LogP contribution < -0.4 is 5.73 Å². The lowest BCUT2D eigenvalue weighted by atomic mass is 10.0. The first-order chi connectivity index (χ1) is 6.27. The van der Waals surface area contributed by atoms with Crippen LogP contribution in [0.4, 0.5) is 0 Å². The second-order valence-electron chi connectivity index (χ2n) is 3.55. The monoisotopic (exact) mass is 181 g/mol. The molecule has 2 N–H and O–H groups in total. The van der Waals surface area contributed by atoms with Gasteiger partial charge in [0.2, 0.25) is 0 Å². The molecule has 0 radical (unpaired) electrons. The van der Waals surface area contributed by atoms with E-state index in [2.05, 4.69) is 13.8 Å². The first-order valence-corrected chi connectivity index (χ1v) is 5.06. The molecule has 1 aromatic heterocycles. The Kier molecular flexibility index (Phi) is 4.03. The summed E-state index contributed by atoms with van der Waals surface area (Å²) in [4.78, 5) is 0. The lowest BCUT2D eigenvalue weighted by Gasteiger charge is -2.06. The zero-order chi connectivity index (χ0) is 9.68. The van der Waals surface area contributed by atoms with E-state index in [0.29, 0.717) is 12.5 Å². The first kappa shape index (κ1) is 10.3. The zero-order valence-corrected chi connectivity index (χ0v) is 8.55. The summed E-state index contributed by atoms with van der Waals surface area (Å²) in [6, 6.07) is 4.01. The summed E-state index contributed by atoms with van der Waals surface area (Å²) in [6.07, 6.45) is 3.71. The highest BCUT2D eigenvalue weighted by Crippen LogP contribution is 2.23. The molecule has 0 amide bonds. The van der Waals surface area contributed by atoms with Gasteiger partial charge >= 0.3 is 0 Å². The van der Waals surface area contributed by atoms with Gasteiger partial charge in [0, 0.05) is 5.92 Å². The third kappa shape index (κ3) is 2.88. The molecule has 2 heteroatoms. The summed E-state index contributed by atoms with van der Waals surface area (Å²) in [6.45, 7) is 4.91. The van der Waals surface area contributed by atoms with Crippen LogP contribution in [0.1, 0.15) is 50.5 Å². The van der Waals surface area contributed by atoms with Crippen molar-refractivity contribution in [3.8, 4) is 0 Å². The highest BCUT2D eigenvalue weighted by atomic mass is 16.3. The minimum Gasteiger partial charge on any atom is -0.464 e. The summed E-state index contributed by atoms with van der Waals surface area (Å²) in [5.74, 6) is 2.49. The fraction of sp³-hybridized carbons (Fsp3) is 0.636. The normalized spacial score (nSPS) is 13.2. The number of nitrogens with two attached hydrogens (primary N) is 1. The Bertz CT molecular complexity index is 242. The number of rotatable bonds is 5. The lowest BCUT2D eigenvalue weighted by Crippen LogP contribution is -1.94. The molecule has 1 atom stereocenters. The van der Waals surface area contributed by atoms with Gasteiger partial charge in [-0.05, 0) is 18.6 Å². The molecule has 0 saturated carbocycles. The molecule has 1 heterocycles. The van der Waals surface area contributed by atoms with Gasteiger partial charge in [0.05, 0.1) is 6.54 Å². The van der Waals surface area contributed by atoms with Crippen LogP contribution in [0.3, 0.4) is 0 Å². The van der Waals surface area contributed by atoms with Gasteiger partial charge in [0.25, 0.3) is 0 Å². The maximum absolute atomic E-state index is 5.57. The van der Waals surface area contributed by atoms with Gasteiger partial charge in [-0.2, -0.15) is 0 Å². The van der Waals surface area contributed by atoms with E-state index in [0.717, 1.165) is 11.5 Å². The van der Waals surface area contributed by atoms with Crippen LogP contribution in [-0.4, -0.2) is 0 Å². The van der Waals surface area contributed by atoms with Crippen molar-refractivity contribution in [2.75, 3.05) is 0 Å². The number of hydrogen-bond donors (Lipinski definition) is 1. The van der Waals surface area contributed by atoms with Gasteiger partial charge in [-0.25, -0.2) is 0 Å². The molecule has 74 valence electrons. The Morgan fingerprint density at radius 3 is 2.77 bits per heavy atom. The van der Waals surface area contributed by atoms with Gasteiger partial charge in [0.1, 0.15) is 11.5 Å². The average molecular weight is 181 g/mol. The molecule has 0 spiro atoms. The molecule has 0 fully saturated rings. The number of hydrogen-bond acceptors (Lipinski definition) is 2. The third-order valence-corrected chi connectivity index (χ3v) is 2.36. The third-order valence-electron chi connectivity index (χ3n) is 2.36. The highest BCUT2D eigenvalue weighted by molar-refractivity contribution is 5.10. The smallest absolute Gasteiger partial charge is 0.117 e. The summed E-state index contributed by atoms with van der Waals surface area (Å²) in [5.41, 5.74) is 5.47. The van der Waals surface area contributed by atoms with Crippen molar-refractivity contribution < 1.29 is 4.42 Å². The Morgan fingerprint density at radius 1 is 1.46 bits per heavy atom. The predicted octanol–water partition coefficient (Wildman–Crippen LogP) is 3.03. The summed E-state index contributed by atoms with van der Waals surface area (Å²) >= 11 is 0. The zero-order valence-electron chi connectivity index (χ0n) is 8.55. The second-order valence-corrected chi connectivity index (χ2v) is 3.55. The van der Waals surface area contributed by atoms with E-state index in [-0.39, 0.29) is 0 Å². The quantitative estimate of drug-likeness (QED) is 0.758. The Labute approximate surface area is 80.1 Å². The van der Waals surface area contributed by atoms with E-state index >= 15 is 0 Å². The predicted molar refractivity (Wildman–Crippen MR) is 54.5 cm³/mol. The van der Waals surface area contributed by atoms with E-state index in [4.69, 9.17) is 10.2 Å². The molecule has 0 aliphatic rings. The molecule has 0 aromatic carbocycles. The molecule has 1 rings (SSSR count). The SMILES string of the molecule is CCCCC(C)c1ccc(CN)o1. The van der Waals surface area contributed by atoms with Crippen LogP contribution in [0.15, 0.2) is 16.5 Å². The molecule has 0 aliphatic carbocycles. The fourth-order valence-electron chi connectivity index (χ4n) is 1.42. The van der Waals surface area contributed by atoms with Gasteiger partial charge in [0.15, 0.2) is 0 Å². The summed E-state index contributed by atoms with van der Waals surface area (Å²) in [7, 11) is 0. The van der Waals surface area contributed by atoms with Gasteiger partial charge in [-0.15, -0.1) is 0 Å². The van der Waals surface area contributed by atoms with E-state index in [9.17, 15) is 0 Å². The van der Waals surface area contributed by atoms with Crippen molar-refractivity contribution in [1.82, 2.24) is 0 Å². The largest absolute Gasteiger partial charge is 0.464 e. The highest BCUT2D eigenvalue weighted by Gasteiger charge is 2.08. The van der Waals surface area contributed by atoms with E-state index < -0.39 is 0 Å². The van der Waals surface area contributed by atoms with Crippen molar-refractivity contribution in [1.29, 1.82) is 0 Å². The van der Waals surface area contributed by atoms with E-state index in [1.165, 1.54) is 19.3 Å². The summed E-state index contributed by atoms with van der Waals surface area (Å²) < 4.78 is 5.57. The van der Waals surface area contributed by atoms with E-state index in [1.807, 2.05) is 12.1 Å². The Morgan fingerprint density at radius 2 is 2.23 bits per heavy atom. The Hall–Kier alpha value is -0.760. The van der Waals surface area contributed by atoms with Crippen LogP contribution in [0.5, 0.6) is 0 Å². The molecule has 0 saturated heterocycles. The van der Waals surface area contributed by atoms with Crippen molar-refractivity contribution >= 4 is 0 Å². The van der Waals surface area contributed by atoms with Crippen molar-refractivity contribution in [2.45, 2.75) is 45.6 Å². The summed E-state index contributed by atoms with van der Waals surface area (Å²) in [5, 5.41) is 0. The standard InChI is InChI=1S/C11H19NO/c1-3-4-5-9(2)11-7-6-10(8-12)13-11/h6-7,9H,3-5,8,12H2,1-2H3. The van der Waals surface area contributed by atoms with Crippen LogP contribution in [-0.2, 0) is 6.54 Å². The van der Waals surface area contributed by atoms with Crippen molar-refractivity contribution in [3.05, 3.63) is 23.7 Å². The molecule has 13 heavy (non-hydrogen) atoms. The van der Waals surface area contributed by atoms with Crippen LogP contribution >= 0.6 is 0 Å². The molecule has 0 bridgehead atoms. The second kappa shape index (κ2) is 5.07. The fourth-order valence-corrected chi connectivity index (χ4v) is 1.42. The van der Waals surface area contributed by atoms with Gasteiger partial charge in [-0.3, -0.25) is 0 Å². The van der Waals surface area contributed by atoms with Crippen LogP contribution in [0.25, 0.3) is 0 Å². The average Bonchev–Trinajstić information content (AvgIpc) is 2.62. The maximum atomic E-state index is 5.57. The van der Waals surface area contributed by atoms with Gasteiger partial charge < -0.3 is 10.2 Å². The number of unbranched alkanes of at least 4 members (excludes halogenated alkanes) is 1. The van der Waals surface area contributed by atoms with Crippen molar-refractivity contribution in [3.63, 3.8) is 0 Å². The minimum absolute atomic E-state index is 0.500. The maximum Gasteiger partial charge on any atom is 0.117 e. The molecule has 0 aliphatic heterocycles. The van der Waals surface area contributed by atoms with E-state index in [1.54, 1.807) is 0 Å². The van der Waals surface area contributed by atoms with Crippen LogP contribution in [0, 0.1) is 0 Å². The molecule has 1 unspecified atom stereocenters. The van der Waals surface area contributed by atoms with Gasteiger partial charge in [-0.1, -0.05) is 26.7 Å². The molecule has 1 aromatic rings. The van der Waals surface area contributed by atoms with Crippen LogP contribution in [0.2, 0.25) is 0 Å². The molecular weight excluding hydrogens is 162 g/mol. The first-order valence-electron chi connectivity index (χ1n) is 5.06. The molecular formula is C11H19NO. The minimum atomic E-state index is 0.500. The number of furan rings is 1. The lowest BCUT2D eigenvalue weighted by molar-refractivity contribution is 0.426. The Balaban J connectivity index is 2.50. The molecule has 2 nitrogen and oxygen atoms in total. The topological polar surface area (TPSA) is 39.2 Å². The van der Waals surface area contributed by atoms with Crippen molar-refractivity contribution in [2.24, 2.45) is 5.73 Å².